The Bertz CT molecular complexity index is 836. The van der Waals surface area contributed by atoms with Crippen LogP contribution >= 0.6 is 0 Å². The van der Waals surface area contributed by atoms with Crippen molar-refractivity contribution in [2.45, 2.75) is 12.7 Å². The Labute approximate surface area is 155 Å². The third-order valence-electron chi connectivity index (χ3n) is 3.68. The van der Waals surface area contributed by atoms with Gasteiger partial charge in [-0.1, -0.05) is 24.3 Å². The number of nitrogens with zero attached hydrogens (tertiary/aromatic N) is 2. The van der Waals surface area contributed by atoms with E-state index in [2.05, 4.69) is 0 Å². The third kappa shape index (κ3) is 6.19. The first-order valence-electron chi connectivity index (χ1n) is 7.99. The van der Waals surface area contributed by atoms with Crippen molar-refractivity contribution in [2.24, 2.45) is 0 Å². The summed E-state index contributed by atoms with van der Waals surface area (Å²) < 4.78 is 42.8. The minimum absolute atomic E-state index is 0.0393. The number of benzene rings is 2. The molecule has 27 heavy (non-hydrogen) atoms. The summed E-state index contributed by atoms with van der Waals surface area (Å²) in [6.45, 7) is 0.157. The van der Waals surface area contributed by atoms with Crippen LogP contribution in [0, 0.1) is 11.3 Å². The lowest BCUT2D eigenvalue weighted by atomic mass is 10.1. The summed E-state index contributed by atoms with van der Waals surface area (Å²) >= 11 is 0. The van der Waals surface area contributed by atoms with Crippen LogP contribution in [0.5, 0.6) is 5.75 Å². The number of ether oxygens (including phenoxy) is 1. The second-order valence-corrected chi connectivity index (χ2v) is 5.74. The Morgan fingerprint density at radius 3 is 2.33 bits per heavy atom. The minimum Gasteiger partial charge on any atom is -0.479 e. The topological polar surface area (TPSA) is 53.3 Å². The highest BCUT2D eigenvalue weighted by molar-refractivity contribution is 5.91. The van der Waals surface area contributed by atoms with Crippen LogP contribution in [0.4, 0.5) is 13.2 Å². The quantitative estimate of drug-likeness (QED) is 0.709. The molecule has 0 atom stereocenters. The van der Waals surface area contributed by atoms with Crippen molar-refractivity contribution in [1.29, 1.82) is 5.26 Å². The molecule has 0 aliphatic heterocycles. The molecule has 4 nitrogen and oxygen atoms in total. The van der Waals surface area contributed by atoms with E-state index in [0.29, 0.717) is 11.3 Å². The molecule has 0 heterocycles. The van der Waals surface area contributed by atoms with Crippen LogP contribution in [0.2, 0.25) is 0 Å². The monoisotopic (exact) mass is 374 g/mol. The normalized spacial score (nSPS) is 11.2. The van der Waals surface area contributed by atoms with E-state index in [1.54, 1.807) is 37.4 Å². The first-order valence-corrected chi connectivity index (χ1v) is 7.99. The number of carbonyl (C=O) groups is 1. The second-order valence-electron chi connectivity index (χ2n) is 5.74. The molecule has 2 rings (SSSR count). The van der Waals surface area contributed by atoms with E-state index in [0.717, 1.165) is 17.7 Å². The van der Waals surface area contributed by atoms with Gasteiger partial charge in [-0.3, -0.25) is 4.79 Å². The Hall–Kier alpha value is -3.27. The molecule has 0 saturated carbocycles. The van der Waals surface area contributed by atoms with Crippen molar-refractivity contribution < 1.29 is 22.7 Å². The summed E-state index contributed by atoms with van der Waals surface area (Å²) in [5.41, 5.74) is 0.657. The number of alkyl halides is 3. The van der Waals surface area contributed by atoms with E-state index >= 15 is 0 Å². The zero-order valence-corrected chi connectivity index (χ0v) is 14.5. The highest BCUT2D eigenvalue weighted by Gasteiger charge is 2.29. The highest BCUT2D eigenvalue weighted by atomic mass is 19.4. The fraction of sp³-hybridized carbons (Fsp3) is 0.200. The molecule has 0 unspecified atom stereocenters. The highest BCUT2D eigenvalue weighted by Crippen LogP contribution is 2.29. The Kier molecular flexibility index (Phi) is 6.61. The van der Waals surface area contributed by atoms with E-state index in [9.17, 15) is 18.0 Å². The second kappa shape index (κ2) is 8.90. The summed E-state index contributed by atoms with van der Waals surface area (Å²) in [7, 11) is 1.57. The van der Waals surface area contributed by atoms with Gasteiger partial charge >= 0.3 is 6.18 Å². The summed E-state index contributed by atoms with van der Waals surface area (Å²) in [4.78, 5) is 13.6. The van der Waals surface area contributed by atoms with Crippen LogP contribution in [0.3, 0.4) is 0 Å². The lowest BCUT2D eigenvalue weighted by molar-refractivity contribution is -0.137. The van der Waals surface area contributed by atoms with Gasteiger partial charge in [0.05, 0.1) is 5.56 Å². The molecular weight excluding hydrogens is 357 g/mol. The molecule has 0 spiro atoms. The van der Waals surface area contributed by atoms with Gasteiger partial charge in [-0.2, -0.15) is 18.4 Å². The lowest BCUT2D eigenvalue weighted by Gasteiger charge is -2.16. The predicted molar refractivity (Wildman–Crippen MR) is 94.5 cm³/mol. The molecule has 0 aliphatic carbocycles. The molecule has 0 aromatic heterocycles. The van der Waals surface area contributed by atoms with E-state index in [4.69, 9.17) is 10.00 Å². The average Bonchev–Trinajstić information content (AvgIpc) is 2.65. The van der Waals surface area contributed by atoms with Gasteiger partial charge in [-0.05, 0) is 41.5 Å². The number of rotatable bonds is 6. The molecule has 0 saturated heterocycles. The summed E-state index contributed by atoms with van der Waals surface area (Å²) in [5, 5.41) is 8.46. The number of carbonyl (C=O) groups excluding carboxylic acids is 1. The maximum absolute atomic E-state index is 12.6. The van der Waals surface area contributed by atoms with Gasteiger partial charge in [0.25, 0.3) is 0 Å². The van der Waals surface area contributed by atoms with E-state index in [1.807, 2.05) is 6.07 Å². The van der Waals surface area contributed by atoms with Crippen LogP contribution in [0.15, 0.2) is 54.6 Å². The zero-order valence-electron chi connectivity index (χ0n) is 14.5. The van der Waals surface area contributed by atoms with Crippen LogP contribution in [0.25, 0.3) is 6.08 Å². The Morgan fingerprint density at radius 2 is 1.78 bits per heavy atom. The van der Waals surface area contributed by atoms with E-state index in [-0.39, 0.29) is 19.1 Å². The van der Waals surface area contributed by atoms with Gasteiger partial charge in [-0.15, -0.1) is 0 Å². The fourth-order valence-corrected chi connectivity index (χ4v) is 2.24. The smallest absolute Gasteiger partial charge is 0.416 e. The number of hydrogen-bond donors (Lipinski definition) is 0. The maximum Gasteiger partial charge on any atom is 0.416 e. The summed E-state index contributed by atoms with van der Waals surface area (Å²) in [5.74, 6) is 0.277. The number of likely N-dealkylation sites (N-methyl/N-ethyl adjacent to an activating group) is 1. The van der Waals surface area contributed by atoms with Crippen LogP contribution in [-0.2, 0) is 17.5 Å². The molecule has 1 amide bonds. The Balaban J connectivity index is 1.93. The molecule has 7 heteroatoms. The van der Waals surface area contributed by atoms with E-state index < -0.39 is 11.7 Å². The summed E-state index contributed by atoms with van der Waals surface area (Å²) in [6, 6.07) is 13.4. The van der Waals surface area contributed by atoms with Crippen LogP contribution in [0.1, 0.15) is 16.7 Å². The van der Waals surface area contributed by atoms with Crippen molar-refractivity contribution in [3.8, 4) is 11.8 Å². The standard InChI is InChI=1S/C20H17F3N2O2/c1-25(14-16-2-7-17(8-3-16)20(21,22)23)19(26)11-6-15-4-9-18(10-5-15)27-13-12-24/h2-11H,13-14H2,1H3/b11-6+. The largest absolute Gasteiger partial charge is 0.479 e. The fourth-order valence-electron chi connectivity index (χ4n) is 2.24. The van der Waals surface area contributed by atoms with Crippen molar-refractivity contribution in [3.05, 3.63) is 71.3 Å². The van der Waals surface area contributed by atoms with Gasteiger partial charge < -0.3 is 9.64 Å². The van der Waals surface area contributed by atoms with Gasteiger partial charge in [0, 0.05) is 19.7 Å². The molecule has 2 aromatic rings. The molecular formula is C20H17F3N2O2. The Morgan fingerprint density at radius 1 is 1.15 bits per heavy atom. The maximum atomic E-state index is 12.6. The minimum atomic E-state index is -4.38. The number of hydrogen-bond acceptors (Lipinski definition) is 3. The number of halogens is 3. The lowest BCUT2D eigenvalue weighted by Crippen LogP contribution is -2.24. The van der Waals surface area contributed by atoms with Crippen LogP contribution < -0.4 is 4.74 Å². The van der Waals surface area contributed by atoms with E-state index in [1.165, 1.54) is 23.1 Å². The molecule has 0 bridgehead atoms. The van der Waals surface area contributed by atoms with Crippen LogP contribution in [-0.4, -0.2) is 24.5 Å². The predicted octanol–water partition coefficient (Wildman–Crippen LogP) is 4.28. The number of nitriles is 1. The SMILES string of the molecule is CN(Cc1ccc(C(F)(F)F)cc1)C(=O)/C=C/c1ccc(OCC#N)cc1. The first-order chi connectivity index (χ1) is 12.8. The van der Waals surface area contributed by atoms with Crippen molar-refractivity contribution in [2.75, 3.05) is 13.7 Å². The van der Waals surface area contributed by atoms with Gasteiger partial charge in [0.2, 0.25) is 5.91 Å². The molecule has 2 aromatic carbocycles. The van der Waals surface area contributed by atoms with Crippen molar-refractivity contribution >= 4 is 12.0 Å². The third-order valence-corrected chi connectivity index (χ3v) is 3.68. The van der Waals surface area contributed by atoms with Gasteiger partial charge in [-0.25, -0.2) is 0 Å². The van der Waals surface area contributed by atoms with Crippen molar-refractivity contribution in [1.82, 2.24) is 4.90 Å². The molecule has 0 radical (unpaired) electrons. The molecule has 0 aliphatic rings. The molecule has 140 valence electrons. The summed E-state index contributed by atoms with van der Waals surface area (Å²) in [6.07, 6.45) is -1.37. The average molecular weight is 374 g/mol. The van der Waals surface area contributed by atoms with Gasteiger partial charge in [0.1, 0.15) is 11.8 Å². The molecule has 0 N–H and O–H groups in total. The zero-order chi connectivity index (χ0) is 19.9. The first kappa shape index (κ1) is 20.0. The van der Waals surface area contributed by atoms with Crippen molar-refractivity contribution in [3.63, 3.8) is 0 Å². The number of amides is 1. The molecule has 0 fully saturated rings. The van der Waals surface area contributed by atoms with Gasteiger partial charge in [0.15, 0.2) is 6.61 Å².